The van der Waals surface area contributed by atoms with Crippen LogP contribution in [0.4, 0.5) is 0 Å². The molecule has 128 valence electrons. The summed E-state index contributed by atoms with van der Waals surface area (Å²) in [5, 5.41) is 0. The molecule has 0 aliphatic carbocycles. The minimum atomic E-state index is 0.676. The van der Waals surface area contributed by atoms with Gasteiger partial charge in [-0.05, 0) is 64.3 Å². The van der Waals surface area contributed by atoms with Gasteiger partial charge in [-0.3, -0.25) is 4.98 Å². The monoisotopic (exact) mass is 398 g/mol. The highest BCUT2D eigenvalue weighted by Gasteiger charge is 2.10. The van der Waals surface area contributed by atoms with Crippen molar-refractivity contribution in [1.29, 1.82) is 0 Å². The first-order valence-electron chi connectivity index (χ1n) is 8.10. The van der Waals surface area contributed by atoms with Crippen molar-refractivity contribution in [3.8, 4) is 33.9 Å². The smallest absolute Gasteiger partial charge is 0.151 e. The van der Waals surface area contributed by atoms with E-state index in [-0.39, 0.29) is 0 Å². The SMILES string of the molecule is CCCOc1cc(-c2cccnc2)cc(-c2ccc(OC)c(Br)n2)c1. The van der Waals surface area contributed by atoms with Crippen LogP contribution in [0.3, 0.4) is 0 Å². The van der Waals surface area contributed by atoms with Crippen molar-refractivity contribution in [2.75, 3.05) is 13.7 Å². The maximum atomic E-state index is 5.87. The Labute approximate surface area is 156 Å². The predicted octanol–water partition coefficient (Wildman–Crippen LogP) is 5.37. The van der Waals surface area contributed by atoms with E-state index in [2.05, 4.69) is 38.9 Å². The standard InChI is InChI=1S/C20H19BrN2O2/c1-3-9-25-17-11-15(14-5-4-8-22-13-14)10-16(12-17)18-6-7-19(24-2)20(21)23-18/h4-8,10-13H,3,9H2,1-2H3. The lowest BCUT2D eigenvalue weighted by Crippen LogP contribution is -1.96. The van der Waals surface area contributed by atoms with Gasteiger partial charge in [0.2, 0.25) is 0 Å². The van der Waals surface area contributed by atoms with E-state index in [0.29, 0.717) is 17.0 Å². The van der Waals surface area contributed by atoms with E-state index in [1.165, 1.54) is 0 Å². The maximum absolute atomic E-state index is 5.87. The highest BCUT2D eigenvalue weighted by Crippen LogP contribution is 2.33. The van der Waals surface area contributed by atoms with Gasteiger partial charge in [-0.1, -0.05) is 13.0 Å². The Morgan fingerprint density at radius 3 is 2.56 bits per heavy atom. The van der Waals surface area contributed by atoms with Gasteiger partial charge in [-0.2, -0.15) is 0 Å². The van der Waals surface area contributed by atoms with E-state index >= 15 is 0 Å². The van der Waals surface area contributed by atoms with E-state index in [1.807, 2.05) is 42.6 Å². The molecule has 0 atom stereocenters. The van der Waals surface area contributed by atoms with E-state index in [1.54, 1.807) is 13.3 Å². The fraction of sp³-hybridized carbons (Fsp3) is 0.200. The van der Waals surface area contributed by atoms with Crippen LogP contribution in [-0.2, 0) is 0 Å². The molecule has 0 saturated carbocycles. The summed E-state index contributed by atoms with van der Waals surface area (Å²) >= 11 is 3.45. The summed E-state index contributed by atoms with van der Waals surface area (Å²) < 4.78 is 11.8. The van der Waals surface area contributed by atoms with Gasteiger partial charge < -0.3 is 9.47 Å². The first-order chi connectivity index (χ1) is 12.2. The van der Waals surface area contributed by atoms with Gasteiger partial charge in [0.25, 0.3) is 0 Å². The van der Waals surface area contributed by atoms with E-state index in [4.69, 9.17) is 9.47 Å². The average molecular weight is 399 g/mol. The lowest BCUT2D eigenvalue weighted by Gasteiger charge is -2.12. The number of methoxy groups -OCH3 is 1. The molecule has 2 aromatic heterocycles. The van der Waals surface area contributed by atoms with E-state index in [0.717, 1.165) is 34.6 Å². The zero-order valence-electron chi connectivity index (χ0n) is 14.2. The molecule has 0 aliphatic rings. The summed E-state index contributed by atoms with van der Waals surface area (Å²) in [5.41, 5.74) is 3.92. The molecule has 4 nitrogen and oxygen atoms in total. The molecular weight excluding hydrogens is 380 g/mol. The Morgan fingerprint density at radius 1 is 1.04 bits per heavy atom. The van der Waals surface area contributed by atoms with Crippen LogP contribution < -0.4 is 9.47 Å². The van der Waals surface area contributed by atoms with Crippen LogP contribution in [-0.4, -0.2) is 23.7 Å². The van der Waals surface area contributed by atoms with Gasteiger partial charge in [0.15, 0.2) is 5.75 Å². The van der Waals surface area contributed by atoms with Crippen LogP contribution in [0.5, 0.6) is 11.5 Å². The second kappa shape index (κ2) is 8.12. The summed E-state index contributed by atoms with van der Waals surface area (Å²) in [7, 11) is 1.63. The van der Waals surface area contributed by atoms with Crippen molar-refractivity contribution in [1.82, 2.24) is 9.97 Å². The van der Waals surface area contributed by atoms with Crippen LogP contribution in [0.1, 0.15) is 13.3 Å². The van der Waals surface area contributed by atoms with Gasteiger partial charge in [0.05, 0.1) is 19.4 Å². The third kappa shape index (κ3) is 4.17. The summed E-state index contributed by atoms with van der Waals surface area (Å²) in [6, 6.07) is 13.9. The third-order valence-corrected chi connectivity index (χ3v) is 4.27. The summed E-state index contributed by atoms with van der Waals surface area (Å²) in [5.74, 6) is 1.53. The maximum Gasteiger partial charge on any atom is 0.151 e. The molecule has 0 spiro atoms. The molecule has 0 bridgehead atoms. The van der Waals surface area contributed by atoms with Crippen molar-refractivity contribution < 1.29 is 9.47 Å². The van der Waals surface area contributed by atoms with Crippen LogP contribution in [0.25, 0.3) is 22.4 Å². The Hall–Kier alpha value is -2.40. The van der Waals surface area contributed by atoms with Crippen LogP contribution in [0.2, 0.25) is 0 Å². The lowest BCUT2D eigenvalue weighted by molar-refractivity contribution is 0.317. The Balaban J connectivity index is 2.07. The molecule has 2 heterocycles. The van der Waals surface area contributed by atoms with Gasteiger partial charge in [0.1, 0.15) is 10.4 Å². The van der Waals surface area contributed by atoms with Gasteiger partial charge in [-0.15, -0.1) is 0 Å². The molecule has 0 aliphatic heterocycles. The molecule has 3 rings (SSSR count). The average Bonchev–Trinajstić information content (AvgIpc) is 2.66. The summed E-state index contributed by atoms with van der Waals surface area (Å²) in [6.07, 6.45) is 4.57. The van der Waals surface area contributed by atoms with Crippen LogP contribution in [0.15, 0.2) is 59.5 Å². The molecule has 0 N–H and O–H groups in total. The minimum absolute atomic E-state index is 0.676. The number of benzene rings is 1. The number of ether oxygens (including phenoxy) is 2. The first kappa shape index (κ1) is 17.4. The molecule has 25 heavy (non-hydrogen) atoms. The fourth-order valence-electron chi connectivity index (χ4n) is 2.48. The van der Waals surface area contributed by atoms with E-state index in [9.17, 15) is 0 Å². The fourth-order valence-corrected chi connectivity index (χ4v) is 2.97. The highest BCUT2D eigenvalue weighted by molar-refractivity contribution is 9.10. The Morgan fingerprint density at radius 2 is 1.88 bits per heavy atom. The van der Waals surface area contributed by atoms with Crippen molar-refractivity contribution >= 4 is 15.9 Å². The molecule has 0 saturated heterocycles. The lowest BCUT2D eigenvalue weighted by atomic mass is 10.0. The Bertz CT molecular complexity index is 854. The van der Waals surface area contributed by atoms with Crippen molar-refractivity contribution in [2.24, 2.45) is 0 Å². The Kier molecular flexibility index (Phi) is 5.66. The topological polar surface area (TPSA) is 44.2 Å². The van der Waals surface area contributed by atoms with Crippen molar-refractivity contribution in [3.05, 3.63) is 59.5 Å². The molecule has 0 unspecified atom stereocenters. The number of halogens is 1. The number of hydrogen-bond donors (Lipinski definition) is 0. The van der Waals surface area contributed by atoms with Gasteiger partial charge in [-0.25, -0.2) is 4.98 Å². The molecule has 0 radical (unpaired) electrons. The molecular formula is C20H19BrN2O2. The van der Waals surface area contributed by atoms with Gasteiger partial charge >= 0.3 is 0 Å². The van der Waals surface area contributed by atoms with Crippen molar-refractivity contribution in [2.45, 2.75) is 13.3 Å². The molecule has 0 amide bonds. The number of nitrogens with zero attached hydrogens (tertiary/aromatic N) is 2. The molecule has 0 fully saturated rings. The second-order valence-electron chi connectivity index (χ2n) is 5.53. The van der Waals surface area contributed by atoms with E-state index < -0.39 is 0 Å². The molecule has 3 aromatic rings. The number of aromatic nitrogens is 2. The molecule has 5 heteroatoms. The number of hydrogen-bond acceptors (Lipinski definition) is 4. The van der Waals surface area contributed by atoms with Crippen LogP contribution in [0, 0.1) is 0 Å². The third-order valence-electron chi connectivity index (χ3n) is 3.70. The second-order valence-corrected chi connectivity index (χ2v) is 6.28. The minimum Gasteiger partial charge on any atom is -0.494 e. The summed E-state index contributed by atoms with van der Waals surface area (Å²) in [6.45, 7) is 2.77. The first-order valence-corrected chi connectivity index (χ1v) is 8.89. The number of rotatable bonds is 6. The predicted molar refractivity (Wildman–Crippen MR) is 103 cm³/mol. The quantitative estimate of drug-likeness (QED) is 0.523. The largest absolute Gasteiger partial charge is 0.494 e. The zero-order valence-corrected chi connectivity index (χ0v) is 15.8. The van der Waals surface area contributed by atoms with Crippen molar-refractivity contribution in [3.63, 3.8) is 0 Å². The normalized spacial score (nSPS) is 10.5. The zero-order chi connectivity index (χ0) is 17.6. The summed E-state index contributed by atoms with van der Waals surface area (Å²) in [4.78, 5) is 8.80. The van der Waals surface area contributed by atoms with Gasteiger partial charge in [0, 0.05) is 23.5 Å². The molecule has 1 aromatic carbocycles. The highest BCUT2D eigenvalue weighted by atomic mass is 79.9. The van der Waals surface area contributed by atoms with Crippen LogP contribution >= 0.6 is 15.9 Å². The number of pyridine rings is 2.